The molecule has 0 aromatic carbocycles. The van der Waals surface area contributed by atoms with Gasteiger partial charge in [0.1, 0.15) is 0 Å². The molecule has 0 N–H and O–H groups in total. The van der Waals surface area contributed by atoms with Crippen molar-refractivity contribution in [1.29, 1.82) is 0 Å². The molecular formula is C20H35F3. The van der Waals surface area contributed by atoms with Crippen molar-refractivity contribution in [3.63, 3.8) is 0 Å². The van der Waals surface area contributed by atoms with E-state index in [1.54, 1.807) is 0 Å². The third-order valence-corrected chi connectivity index (χ3v) is 6.84. The summed E-state index contributed by atoms with van der Waals surface area (Å²) in [5.41, 5.74) is -1.36. The highest BCUT2D eigenvalue weighted by Gasteiger charge is 2.55. The summed E-state index contributed by atoms with van der Waals surface area (Å²) in [6.07, 6.45) is 8.50. The van der Waals surface area contributed by atoms with Gasteiger partial charge in [-0.15, -0.1) is 0 Å². The maximum absolute atomic E-state index is 13.5. The SMILES string of the molecule is CCCCC1CCC([C@H]2CC[C@@](CCC)(C(F)(F)F)CC2)CC1. The van der Waals surface area contributed by atoms with Gasteiger partial charge in [0.15, 0.2) is 0 Å². The molecule has 0 radical (unpaired) electrons. The molecular weight excluding hydrogens is 297 g/mol. The minimum Gasteiger partial charge on any atom is -0.171 e. The standard InChI is InChI=1S/C20H35F3/c1-3-5-6-16-7-9-17(10-8-16)18-11-14-19(13-4-2,15-12-18)20(21,22)23/h16-18H,3-15H2,1-2H3/t16?,17?,18-,19+. The molecule has 0 aromatic rings. The van der Waals surface area contributed by atoms with Gasteiger partial charge in [-0.25, -0.2) is 0 Å². The van der Waals surface area contributed by atoms with Gasteiger partial charge in [-0.2, -0.15) is 13.2 Å². The van der Waals surface area contributed by atoms with Crippen molar-refractivity contribution in [2.75, 3.05) is 0 Å². The summed E-state index contributed by atoms with van der Waals surface area (Å²) in [7, 11) is 0. The van der Waals surface area contributed by atoms with E-state index in [0.29, 0.717) is 37.5 Å². The summed E-state index contributed by atoms with van der Waals surface area (Å²) in [5, 5.41) is 0. The molecule has 0 saturated heterocycles. The molecule has 0 unspecified atom stereocenters. The van der Waals surface area contributed by atoms with Gasteiger partial charge in [0.2, 0.25) is 0 Å². The van der Waals surface area contributed by atoms with Crippen LogP contribution in [0, 0.1) is 23.2 Å². The summed E-state index contributed by atoms with van der Waals surface area (Å²) in [4.78, 5) is 0. The minimum absolute atomic E-state index is 0.326. The first-order valence-electron chi connectivity index (χ1n) is 9.98. The van der Waals surface area contributed by atoms with Crippen molar-refractivity contribution < 1.29 is 13.2 Å². The minimum atomic E-state index is -4.01. The molecule has 2 fully saturated rings. The molecule has 0 atom stereocenters. The molecule has 0 nitrogen and oxygen atoms in total. The van der Waals surface area contributed by atoms with Gasteiger partial charge in [-0.05, 0) is 62.7 Å². The van der Waals surface area contributed by atoms with E-state index < -0.39 is 11.6 Å². The van der Waals surface area contributed by atoms with Gasteiger partial charge in [-0.3, -0.25) is 0 Å². The van der Waals surface area contributed by atoms with E-state index in [1.165, 1.54) is 44.9 Å². The van der Waals surface area contributed by atoms with Gasteiger partial charge in [0, 0.05) is 0 Å². The fourth-order valence-corrected chi connectivity index (χ4v) is 5.26. The lowest BCUT2D eigenvalue weighted by atomic mass is 9.62. The van der Waals surface area contributed by atoms with Crippen LogP contribution in [0.5, 0.6) is 0 Å². The van der Waals surface area contributed by atoms with E-state index in [9.17, 15) is 13.2 Å². The summed E-state index contributed by atoms with van der Waals surface area (Å²) < 4.78 is 40.6. The first-order chi connectivity index (χ1) is 10.9. The lowest BCUT2D eigenvalue weighted by Gasteiger charge is -2.44. The smallest absolute Gasteiger partial charge is 0.171 e. The van der Waals surface area contributed by atoms with Crippen molar-refractivity contribution in [2.45, 2.75) is 103 Å². The monoisotopic (exact) mass is 332 g/mol. The van der Waals surface area contributed by atoms with Crippen LogP contribution in [0.4, 0.5) is 13.2 Å². The zero-order chi connectivity index (χ0) is 16.9. The Balaban J connectivity index is 1.83. The Labute approximate surface area is 140 Å². The Hall–Kier alpha value is -0.210. The molecule has 0 spiro atoms. The van der Waals surface area contributed by atoms with Crippen LogP contribution in [0.3, 0.4) is 0 Å². The van der Waals surface area contributed by atoms with Crippen LogP contribution < -0.4 is 0 Å². The predicted molar refractivity (Wildman–Crippen MR) is 90.3 cm³/mol. The second-order valence-corrected chi connectivity index (χ2v) is 8.29. The van der Waals surface area contributed by atoms with E-state index in [1.807, 2.05) is 6.92 Å². The zero-order valence-corrected chi connectivity index (χ0v) is 15.1. The van der Waals surface area contributed by atoms with Gasteiger partial charge in [-0.1, -0.05) is 52.4 Å². The van der Waals surface area contributed by atoms with Crippen molar-refractivity contribution in [3.05, 3.63) is 0 Å². The highest BCUT2D eigenvalue weighted by molar-refractivity contribution is 4.93. The third kappa shape index (κ3) is 4.66. The van der Waals surface area contributed by atoms with Crippen LogP contribution in [0.25, 0.3) is 0 Å². The maximum atomic E-state index is 13.5. The van der Waals surface area contributed by atoms with E-state index in [-0.39, 0.29) is 0 Å². The molecule has 0 aliphatic heterocycles. The quantitative estimate of drug-likeness (QED) is 0.472. The largest absolute Gasteiger partial charge is 0.394 e. The summed E-state index contributed by atoms with van der Waals surface area (Å²) in [6.45, 7) is 4.13. The normalized spacial score (nSPS) is 36.1. The van der Waals surface area contributed by atoms with E-state index in [0.717, 1.165) is 18.8 Å². The van der Waals surface area contributed by atoms with Gasteiger partial charge in [0.05, 0.1) is 5.41 Å². The number of halogens is 3. The molecule has 2 aliphatic carbocycles. The van der Waals surface area contributed by atoms with Crippen molar-refractivity contribution in [3.8, 4) is 0 Å². The molecule has 3 heteroatoms. The first kappa shape index (κ1) is 19.1. The fourth-order valence-electron chi connectivity index (χ4n) is 5.26. The number of hydrogen-bond donors (Lipinski definition) is 0. The van der Waals surface area contributed by atoms with Crippen molar-refractivity contribution >= 4 is 0 Å². The van der Waals surface area contributed by atoms with Crippen molar-refractivity contribution in [2.24, 2.45) is 23.2 Å². The topological polar surface area (TPSA) is 0 Å². The second kappa shape index (κ2) is 8.25. The van der Waals surface area contributed by atoms with E-state index in [2.05, 4.69) is 6.92 Å². The Morgan fingerprint density at radius 3 is 1.87 bits per heavy atom. The molecule has 0 heterocycles. The Kier molecular flexibility index (Phi) is 6.86. The molecule has 23 heavy (non-hydrogen) atoms. The number of hydrogen-bond acceptors (Lipinski definition) is 0. The van der Waals surface area contributed by atoms with E-state index >= 15 is 0 Å². The third-order valence-electron chi connectivity index (χ3n) is 6.84. The lowest BCUT2D eigenvalue weighted by molar-refractivity contribution is -0.241. The highest BCUT2D eigenvalue weighted by Crippen LogP contribution is 2.55. The molecule has 2 rings (SSSR count). The number of alkyl halides is 3. The predicted octanol–water partition coefficient (Wildman–Crippen LogP) is 7.52. The molecule has 0 bridgehead atoms. The summed E-state index contributed by atoms with van der Waals surface area (Å²) >= 11 is 0. The van der Waals surface area contributed by atoms with Crippen molar-refractivity contribution in [1.82, 2.24) is 0 Å². The fraction of sp³-hybridized carbons (Fsp3) is 1.00. The average Bonchev–Trinajstić information content (AvgIpc) is 2.53. The molecule has 0 amide bonds. The number of rotatable bonds is 6. The Morgan fingerprint density at radius 2 is 1.39 bits per heavy atom. The molecule has 2 aliphatic rings. The molecule has 2 saturated carbocycles. The van der Waals surface area contributed by atoms with E-state index in [4.69, 9.17) is 0 Å². The van der Waals surface area contributed by atoms with Crippen LogP contribution in [-0.4, -0.2) is 6.18 Å². The molecule has 0 aromatic heterocycles. The highest BCUT2D eigenvalue weighted by atomic mass is 19.4. The number of unbranched alkanes of at least 4 members (excludes halogenated alkanes) is 1. The van der Waals surface area contributed by atoms with Crippen LogP contribution >= 0.6 is 0 Å². The second-order valence-electron chi connectivity index (χ2n) is 8.29. The zero-order valence-electron chi connectivity index (χ0n) is 15.1. The first-order valence-corrected chi connectivity index (χ1v) is 9.98. The Bertz CT molecular complexity index is 331. The Morgan fingerprint density at radius 1 is 0.826 bits per heavy atom. The lowest BCUT2D eigenvalue weighted by Crippen LogP contribution is -2.42. The van der Waals surface area contributed by atoms with Crippen LogP contribution in [0.1, 0.15) is 97.3 Å². The van der Waals surface area contributed by atoms with Crippen LogP contribution in [0.15, 0.2) is 0 Å². The van der Waals surface area contributed by atoms with Gasteiger partial charge in [0.25, 0.3) is 0 Å². The summed E-state index contributed by atoms with van der Waals surface area (Å²) in [5.74, 6) is 2.17. The average molecular weight is 332 g/mol. The molecule has 136 valence electrons. The van der Waals surface area contributed by atoms with Gasteiger partial charge >= 0.3 is 6.18 Å². The van der Waals surface area contributed by atoms with Crippen LogP contribution in [0.2, 0.25) is 0 Å². The summed E-state index contributed by atoms with van der Waals surface area (Å²) in [6, 6.07) is 0. The maximum Gasteiger partial charge on any atom is 0.394 e. The van der Waals surface area contributed by atoms with Crippen LogP contribution in [-0.2, 0) is 0 Å². The van der Waals surface area contributed by atoms with Gasteiger partial charge < -0.3 is 0 Å².